The number of urea groups is 1. The van der Waals surface area contributed by atoms with E-state index in [0.29, 0.717) is 24.9 Å². The molecule has 114 valence electrons. The molecule has 1 aromatic rings. The topological polar surface area (TPSA) is 69.6 Å². The smallest absolute Gasteiger partial charge is 0.337 e. The Morgan fingerprint density at radius 2 is 2.05 bits per heavy atom. The molecule has 1 aliphatic heterocycles. The first kappa shape index (κ1) is 15.3. The normalized spacial score (nSPS) is 22.0. The summed E-state index contributed by atoms with van der Waals surface area (Å²) in [6.45, 7) is 5.46. The molecule has 0 spiro atoms. The average molecular weight is 294 g/mol. The molecule has 2 rings (SSSR count). The number of nitrogens with one attached hydrogen (secondary N) is 1. The van der Waals surface area contributed by atoms with E-state index >= 15 is 0 Å². The van der Waals surface area contributed by atoms with Crippen molar-refractivity contribution in [1.82, 2.24) is 4.90 Å². The molecule has 0 radical (unpaired) electrons. The van der Waals surface area contributed by atoms with Crippen LogP contribution in [-0.4, -0.2) is 35.1 Å². The van der Waals surface area contributed by atoms with Gasteiger partial charge in [0.15, 0.2) is 0 Å². The highest BCUT2D eigenvalue weighted by molar-refractivity contribution is 6.00. The molecule has 1 fully saturated rings. The molecule has 2 unspecified atom stereocenters. The van der Waals surface area contributed by atoms with Gasteiger partial charge in [0.2, 0.25) is 0 Å². The Kier molecular flexibility index (Phi) is 4.45. The Morgan fingerprint density at radius 3 is 2.67 bits per heavy atom. The molecule has 0 aliphatic carbocycles. The van der Waals surface area contributed by atoms with Crippen molar-refractivity contribution in [3.05, 3.63) is 29.6 Å². The van der Waals surface area contributed by atoms with Crippen LogP contribution in [0.3, 0.4) is 0 Å². The molecule has 1 saturated heterocycles. The molecular formula is C15H19FN2O3. The number of benzene rings is 1. The van der Waals surface area contributed by atoms with Gasteiger partial charge in [0.05, 0.1) is 11.3 Å². The number of piperidine rings is 1. The number of anilines is 1. The van der Waals surface area contributed by atoms with Gasteiger partial charge in [-0.05, 0) is 36.5 Å². The minimum absolute atomic E-state index is 0.0150. The van der Waals surface area contributed by atoms with Gasteiger partial charge in [-0.3, -0.25) is 0 Å². The summed E-state index contributed by atoms with van der Waals surface area (Å²) in [5.41, 5.74) is -0.137. The van der Waals surface area contributed by atoms with Crippen LogP contribution < -0.4 is 5.32 Å². The number of nitrogens with zero attached hydrogens (tertiary/aromatic N) is 1. The monoisotopic (exact) mass is 294 g/mol. The summed E-state index contributed by atoms with van der Waals surface area (Å²) in [5.74, 6) is -0.851. The van der Waals surface area contributed by atoms with E-state index in [1.165, 1.54) is 0 Å². The lowest BCUT2D eigenvalue weighted by atomic mass is 9.89. The third-order valence-corrected chi connectivity index (χ3v) is 4.07. The molecule has 0 aromatic heterocycles. The van der Waals surface area contributed by atoms with Crippen LogP contribution in [0.1, 0.15) is 30.6 Å². The summed E-state index contributed by atoms with van der Waals surface area (Å²) in [7, 11) is 0. The van der Waals surface area contributed by atoms with Crippen LogP contribution in [0.2, 0.25) is 0 Å². The third kappa shape index (κ3) is 3.51. The van der Waals surface area contributed by atoms with E-state index in [1.807, 2.05) is 0 Å². The van der Waals surface area contributed by atoms with Crippen molar-refractivity contribution in [3.63, 3.8) is 0 Å². The predicted molar refractivity (Wildman–Crippen MR) is 76.9 cm³/mol. The van der Waals surface area contributed by atoms with Crippen LogP contribution in [0.4, 0.5) is 14.9 Å². The molecule has 1 aliphatic rings. The van der Waals surface area contributed by atoms with Crippen LogP contribution in [0.5, 0.6) is 0 Å². The van der Waals surface area contributed by atoms with Gasteiger partial charge in [0.1, 0.15) is 5.82 Å². The van der Waals surface area contributed by atoms with E-state index in [4.69, 9.17) is 5.11 Å². The Balaban J connectivity index is 2.13. The number of carboxylic acid groups (broad SMARTS) is 1. The van der Waals surface area contributed by atoms with Gasteiger partial charge in [-0.25, -0.2) is 14.0 Å². The number of amides is 2. The number of carboxylic acids is 1. The fourth-order valence-corrected chi connectivity index (χ4v) is 2.45. The highest BCUT2D eigenvalue weighted by atomic mass is 19.1. The average Bonchev–Trinajstić information content (AvgIpc) is 2.41. The number of carbonyl (C=O) groups excluding carboxylic acids is 1. The van der Waals surface area contributed by atoms with E-state index in [9.17, 15) is 14.0 Å². The fraction of sp³-hybridized carbons (Fsp3) is 0.467. The summed E-state index contributed by atoms with van der Waals surface area (Å²) >= 11 is 0. The Hall–Kier alpha value is -2.11. The Bertz CT molecular complexity index is 562. The fourth-order valence-electron chi connectivity index (χ4n) is 2.45. The SMILES string of the molecule is CC1CCN(C(=O)Nc2cc(F)ccc2C(=O)O)CC1C. The minimum atomic E-state index is -1.20. The van der Waals surface area contributed by atoms with Crippen molar-refractivity contribution in [2.75, 3.05) is 18.4 Å². The summed E-state index contributed by atoms with van der Waals surface area (Å²) in [6.07, 6.45) is 0.906. The van der Waals surface area contributed by atoms with Gasteiger partial charge in [0.25, 0.3) is 0 Å². The van der Waals surface area contributed by atoms with E-state index in [-0.39, 0.29) is 17.3 Å². The zero-order chi connectivity index (χ0) is 15.6. The second kappa shape index (κ2) is 6.11. The summed E-state index contributed by atoms with van der Waals surface area (Å²) in [4.78, 5) is 24.9. The lowest BCUT2D eigenvalue weighted by molar-refractivity contribution is 0.0698. The van der Waals surface area contributed by atoms with Crippen molar-refractivity contribution in [3.8, 4) is 0 Å². The highest BCUT2D eigenvalue weighted by Gasteiger charge is 2.26. The van der Waals surface area contributed by atoms with Gasteiger partial charge in [-0.2, -0.15) is 0 Å². The van der Waals surface area contributed by atoms with Crippen LogP contribution in [0.25, 0.3) is 0 Å². The molecule has 2 amide bonds. The lowest BCUT2D eigenvalue weighted by Gasteiger charge is -2.35. The summed E-state index contributed by atoms with van der Waals surface area (Å²) in [6, 6.07) is 2.84. The molecule has 21 heavy (non-hydrogen) atoms. The summed E-state index contributed by atoms with van der Waals surface area (Å²) in [5, 5.41) is 11.6. The highest BCUT2D eigenvalue weighted by Crippen LogP contribution is 2.24. The first-order valence-corrected chi connectivity index (χ1v) is 6.97. The standard InChI is InChI=1S/C15H19FN2O3/c1-9-5-6-18(8-10(9)2)15(21)17-13-7-11(16)3-4-12(13)14(19)20/h3-4,7,9-10H,5-6,8H2,1-2H3,(H,17,21)(H,19,20). The maximum atomic E-state index is 13.3. The van der Waals surface area contributed by atoms with Gasteiger partial charge < -0.3 is 15.3 Å². The number of aromatic carboxylic acids is 1. The second-order valence-corrected chi connectivity index (χ2v) is 5.61. The van der Waals surface area contributed by atoms with Crippen molar-refractivity contribution < 1.29 is 19.1 Å². The Morgan fingerprint density at radius 1 is 1.33 bits per heavy atom. The summed E-state index contributed by atoms with van der Waals surface area (Å²) < 4.78 is 13.3. The molecule has 1 aromatic carbocycles. The Labute approximate surface area is 122 Å². The zero-order valence-electron chi connectivity index (χ0n) is 12.1. The van der Waals surface area contributed by atoms with Crippen LogP contribution in [0, 0.1) is 17.7 Å². The first-order chi connectivity index (χ1) is 9.88. The van der Waals surface area contributed by atoms with Crippen molar-refractivity contribution >= 4 is 17.7 Å². The number of rotatable bonds is 2. The van der Waals surface area contributed by atoms with E-state index in [2.05, 4.69) is 19.2 Å². The lowest BCUT2D eigenvalue weighted by Crippen LogP contribution is -2.44. The number of likely N-dealkylation sites (tertiary alicyclic amines) is 1. The molecule has 6 heteroatoms. The van der Waals surface area contributed by atoms with Gasteiger partial charge >= 0.3 is 12.0 Å². The predicted octanol–water partition coefficient (Wildman–Crippen LogP) is 3.03. The largest absolute Gasteiger partial charge is 0.478 e. The number of hydrogen-bond donors (Lipinski definition) is 2. The van der Waals surface area contributed by atoms with E-state index < -0.39 is 11.8 Å². The maximum Gasteiger partial charge on any atom is 0.337 e. The van der Waals surface area contributed by atoms with E-state index in [0.717, 1.165) is 24.6 Å². The molecule has 1 heterocycles. The molecular weight excluding hydrogens is 275 g/mol. The molecule has 2 atom stereocenters. The van der Waals surface area contributed by atoms with Crippen LogP contribution in [0.15, 0.2) is 18.2 Å². The van der Waals surface area contributed by atoms with Crippen molar-refractivity contribution in [2.45, 2.75) is 20.3 Å². The minimum Gasteiger partial charge on any atom is -0.478 e. The number of carbonyl (C=O) groups is 2. The van der Waals surface area contributed by atoms with Gasteiger partial charge in [0, 0.05) is 13.1 Å². The molecule has 5 nitrogen and oxygen atoms in total. The van der Waals surface area contributed by atoms with Crippen molar-refractivity contribution in [1.29, 1.82) is 0 Å². The van der Waals surface area contributed by atoms with Gasteiger partial charge in [-0.1, -0.05) is 13.8 Å². The second-order valence-electron chi connectivity index (χ2n) is 5.61. The van der Waals surface area contributed by atoms with Gasteiger partial charge in [-0.15, -0.1) is 0 Å². The molecule has 0 bridgehead atoms. The third-order valence-electron chi connectivity index (χ3n) is 4.07. The maximum absolute atomic E-state index is 13.3. The quantitative estimate of drug-likeness (QED) is 0.880. The number of hydrogen-bond acceptors (Lipinski definition) is 2. The van der Waals surface area contributed by atoms with E-state index in [1.54, 1.807) is 4.90 Å². The number of halogens is 1. The van der Waals surface area contributed by atoms with Crippen LogP contribution >= 0.6 is 0 Å². The zero-order valence-corrected chi connectivity index (χ0v) is 12.1. The first-order valence-electron chi connectivity index (χ1n) is 6.97. The molecule has 0 saturated carbocycles. The van der Waals surface area contributed by atoms with Crippen LogP contribution in [-0.2, 0) is 0 Å². The molecule has 2 N–H and O–H groups in total. The van der Waals surface area contributed by atoms with Crippen molar-refractivity contribution in [2.24, 2.45) is 11.8 Å².